The summed E-state index contributed by atoms with van der Waals surface area (Å²) >= 11 is 0. The van der Waals surface area contributed by atoms with Crippen LogP contribution in [0, 0.1) is 23.2 Å². The lowest BCUT2D eigenvalue weighted by Crippen LogP contribution is -2.44. The number of rotatable bonds is 2. The van der Waals surface area contributed by atoms with Gasteiger partial charge in [0.25, 0.3) is 0 Å². The molecule has 0 aliphatic heterocycles. The van der Waals surface area contributed by atoms with Gasteiger partial charge in [-0.15, -0.1) is 0 Å². The number of nitrogens with one attached hydrogen (secondary N) is 1. The monoisotopic (exact) mass is 223 g/mol. The summed E-state index contributed by atoms with van der Waals surface area (Å²) in [7, 11) is 0. The fourth-order valence-electron chi connectivity index (χ4n) is 3.44. The molecule has 0 aromatic heterocycles. The van der Waals surface area contributed by atoms with E-state index in [1.54, 1.807) is 0 Å². The van der Waals surface area contributed by atoms with Gasteiger partial charge in [0.2, 0.25) is 5.91 Å². The maximum atomic E-state index is 11.9. The Kier molecular flexibility index (Phi) is 3.02. The minimum atomic E-state index is -0.258. The van der Waals surface area contributed by atoms with Crippen molar-refractivity contribution in [3.05, 3.63) is 0 Å². The Balaban J connectivity index is 1.89. The Morgan fingerprint density at radius 2 is 1.94 bits per heavy atom. The van der Waals surface area contributed by atoms with Crippen LogP contribution in [0.25, 0.3) is 0 Å². The number of fused-ring (bicyclic) bond motifs is 2. The van der Waals surface area contributed by atoms with Crippen LogP contribution >= 0.6 is 0 Å². The summed E-state index contributed by atoms with van der Waals surface area (Å²) in [5.41, 5.74) is -0.258. The van der Waals surface area contributed by atoms with E-state index in [1.807, 2.05) is 20.8 Å². The lowest BCUT2D eigenvalue weighted by atomic mass is 9.83. The summed E-state index contributed by atoms with van der Waals surface area (Å²) in [4.78, 5) is 11.9. The third-order valence-corrected chi connectivity index (χ3v) is 4.47. The van der Waals surface area contributed by atoms with Gasteiger partial charge in [-0.25, -0.2) is 0 Å². The molecule has 2 aliphatic carbocycles. The van der Waals surface area contributed by atoms with E-state index in [9.17, 15) is 4.79 Å². The second-order valence-electron chi connectivity index (χ2n) is 6.85. The van der Waals surface area contributed by atoms with Gasteiger partial charge in [-0.3, -0.25) is 4.79 Å². The Morgan fingerprint density at radius 3 is 2.38 bits per heavy atom. The topological polar surface area (TPSA) is 29.1 Å². The lowest BCUT2D eigenvalue weighted by Gasteiger charge is -2.30. The number of carbonyl (C=O) groups is 1. The summed E-state index contributed by atoms with van der Waals surface area (Å²) in [5.74, 6) is 2.79. The molecule has 2 bridgehead atoms. The first kappa shape index (κ1) is 11.9. The highest BCUT2D eigenvalue weighted by atomic mass is 16.2. The van der Waals surface area contributed by atoms with Crippen LogP contribution in [0.15, 0.2) is 0 Å². The highest BCUT2D eigenvalue weighted by Gasteiger charge is 2.42. The minimum absolute atomic E-state index is 0.197. The fourth-order valence-corrected chi connectivity index (χ4v) is 3.44. The second-order valence-corrected chi connectivity index (χ2v) is 6.85. The first-order chi connectivity index (χ1) is 7.38. The van der Waals surface area contributed by atoms with Crippen LogP contribution in [-0.4, -0.2) is 11.9 Å². The molecule has 92 valence electrons. The molecule has 0 saturated heterocycles. The number of carbonyl (C=O) groups excluding carboxylic acids is 1. The van der Waals surface area contributed by atoms with E-state index in [2.05, 4.69) is 12.2 Å². The van der Waals surface area contributed by atoms with Gasteiger partial charge in [-0.2, -0.15) is 0 Å². The predicted octanol–water partition coefficient (Wildman–Crippen LogP) is 2.97. The largest absolute Gasteiger partial charge is 0.353 e. The van der Waals surface area contributed by atoms with Gasteiger partial charge in [0.15, 0.2) is 0 Å². The summed E-state index contributed by atoms with van der Waals surface area (Å²) in [6.45, 7) is 8.14. The van der Waals surface area contributed by atoms with Crippen LogP contribution in [-0.2, 0) is 4.79 Å². The molecule has 1 N–H and O–H groups in total. The van der Waals surface area contributed by atoms with Gasteiger partial charge in [-0.1, -0.05) is 27.2 Å². The predicted molar refractivity (Wildman–Crippen MR) is 66.0 cm³/mol. The summed E-state index contributed by atoms with van der Waals surface area (Å²) in [6.07, 6.45) is 5.59. The third-order valence-electron chi connectivity index (χ3n) is 4.47. The zero-order valence-electron chi connectivity index (χ0n) is 11.0. The fraction of sp³-hybridized carbons (Fsp3) is 0.929. The van der Waals surface area contributed by atoms with E-state index in [4.69, 9.17) is 0 Å². The van der Waals surface area contributed by atoms with Crippen molar-refractivity contribution in [2.45, 2.75) is 59.4 Å². The third kappa shape index (κ3) is 2.26. The zero-order valence-corrected chi connectivity index (χ0v) is 11.0. The molecule has 1 amide bonds. The van der Waals surface area contributed by atoms with Gasteiger partial charge in [0, 0.05) is 11.5 Å². The minimum Gasteiger partial charge on any atom is -0.353 e. The molecule has 16 heavy (non-hydrogen) atoms. The molecule has 0 heterocycles. The van der Waals surface area contributed by atoms with Crippen molar-refractivity contribution in [1.29, 1.82) is 0 Å². The first-order valence-corrected chi connectivity index (χ1v) is 6.69. The molecule has 2 saturated carbocycles. The van der Waals surface area contributed by atoms with E-state index in [-0.39, 0.29) is 11.3 Å². The molecule has 0 unspecified atom stereocenters. The van der Waals surface area contributed by atoms with Crippen molar-refractivity contribution < 1.29 is 4.79 Å². The smallest absolute Gasteiger partial charge is 0.225 e. The molecule has 2 nitrogen and oxygen atoms in total. The zero-order chi connectivity index (χ0) is 11.9. The highest BCUT2D eigenvalue weighted by Crippen LogP contribution is 2.49. The molecular weight excluding hydrogens is 198 g/mol. The molecule has 0 spiro atoms. The van der Waals surface area contributed by atoms with E-state index >= 15 is 0 Å². The molecule has 2 rings (SSSR count). The molecule has 4 atom stereocenters. The van der Waals surface area contributed by atoms with Gasteiger partial charge in [0.1, 0.15) is 0 Å². The average Bonchev–Trinajstić information content (AvgIpc) is 2.76. The molecule has 0 aromatic rings. The normalized spacial score (nSPS) is 35.1. The average molecular weight is 223 g/mol. The second kappa shape index (κ2) is 4.05. The Morgan fingerprint density at radius 1 is 1.25 bits per heavy atom. The Bertz CT molecular complexity index is 279. The van der Waals surface area contributed by atoms with E-state index < -0.39 is 0 Å². The van der Waals surface area contributed by atoms with E-state index in [0.717, 1.165) is 17.8 Å². The van der Waals surface area contributed by atoms with Crippen molar-refractivity contribution in [1.82, 2.24) is 5.32 Å². The van der Waals surface area contributed by atoms with Crippen LogP contribution in [0.1, 0.15) is 53.4 Å². The number of hydrogen-bond donors (Lipinski definition) is 1. The standard InChI is InChI=1S/C14H25NO/c1-9(15-13(16)14(2,3)4)12-8-10-5-6-11(12)7-10/h9-12H,5-8H2,1-4H3,(H,15,16)/t9-,10+,11+,12-/m0/s1. The Labute approximate surface area is 99.2 Å². The maximum absolute atomic E-state index is 11.9. The molecule has 2 fully saturated rings. The van der Waals surface area contributed by atoms with Crippen LogP contribution < -0.4 is 5.32 Å². The van der Waals surface area contributed by atoms with Crippen LogP contribution in [0.5, 0.6) is 0 Å². The molecule has 0 aromatic carbocycles. The van der Waals surface area contributed by atoms with Crippen LogP contribution in [0.3, 0.4) is 0 Å². The maximum Gasteiger partial charge on any atom is 0.225 e. The number of amides is 1. The van der Waals surface area contributed by atoms with Crippen molar-refractivity contribution >= 4 is 5.91 Å². The molecular formula is C14H25NO. The highest BCUT2D eigenvalue weighted by molar-refractivity contribution is 5.81. The van der Waals surface area contributed by atoms with Crippen molar-refractivity contribution in [3.8, 4) is 0 Å². The Hall–Kier alpha value is -0.530. The molecule has 2 heteroatoms. The van der Waals surface area contributed by atoms with Crippen LogP contribution in [0.4, 0.5) is 0 Å². The van der Waals surface area contributed by atoms with E-state index in [0.29, 0.717) is 6.04 Å². The SMILES string of the molecule is C[C@H](NC(=O)C(C)(C)C)[C@@H]1C[C@@H]2CC[C@@H]1C2. The summed E-state index contributed by atoms with van der Waals surface area (Å²) in [6, 6.07) is 0.363. The van der Waals surface area contributed by atoms with Gasteiger partial charge in [-0.05, 0) is 43.9 Å². The van der Waals surface area contributed by atoms with E-state index in [1.165, 1.54) is 25.7 Å². The van der Waals surface area contributed by atoms with Crippen molar-refractivity contribution in [2.24, 2.45) is 23.2 Å². The lowest BCUT2D eigenvalue weighted by molar-refractivity contribution is -0.129. The number of hydrogen-bond acceptors (Lipinski definition) is 1. The summed E-state index contributed by atoms with van der Waals surface area (Å²) in [5, 5.41) is 3.21. The van der Waals surface area contributed by atoms with Gasteiger partial charge < -0.3 is 5.32 Å². The van der Waals surface area contributed by atoms with Gasteiger partial charge in [0.05, 0.1) is 0 Å². The van der Waals surface area contributed by atoms with Crippen LogP contribution in [0.2, 0.25) is 0 Å². The molecule has 2 aliphatic rings. The molecule has 0 radical (unpaired) electrons. The van der Waals surface area contributed by atoms with Crippen molar-refractivity contribution in [3.63, 3.8) is 0 Å². The first-order valence-electron chi connectivity index (χ1n) is 6.69. The van der Waals surface area contributed by atoms with Crippen molar-refractivity contribution in [2.75, 3.05) is 0 Å². The quantitative estimate of drug-likeness (QED) is 0.766. The summed E-state index contributed by atoms with van der Waals surface area (Å²) < 4.78 is 0. The van der Waals surface area contributed by atoms with Gasteiger partial charge >= 0.3 is 0 Å².